The molecule has 98 valence electrons. The van der Waals surface area contributed by atoms with Gasteiger partial charge in [-0.25, -0.2) is 0 Å². The van der Waals surface area contributed by atoms with E-state index in [2.05, 4.69) is 0 Å². The van der Waals surface area contributed by atoms with E-state index in [1.165, 1.54) is 0 Å². The summed E-state index contributed by atoms with van der Waals surface area (Å²) >= 11 is 0. The van der Waals surface area contributed by atoms with Gasteiger partial charge in [-0.05, 0) is 18.4 Å². The Kier molecular flexibility index (Phi) is 3.71. The van der Waals surface area contributed by atoms with E-state index in [1.807, 2.05) is 30.3 Å². The van der Waals surface area contributed by atoms with Gasteiger partial charge in [-0.2, -0.15) is 0 Å². The number of benzene rings is 2. The van der Waals surface area contributed by atoms with Gasteiger partial charge in [0, 0.05) is 17.8 Å². The number of phenols is 3. The maximum Gasteiger partial charge on any atom is 0.132 e. The van der Waals surface area contributed by atoms with Gasteiger partial charge in [-0.1, -0.05) is 30.3 Å². The van der Waals surface area contributed by atoms with Crippen LogP contribution in [0.15, 0.2) is 42.5 Å². The molecule has 0 bridgehead atoms. The minimum absolute atomic E-state index is 0.0775. The number of phenolic OH excluding ortho intramolecular Hbond substituents is 3. The predicted molar refractivity (Wildman–Crippen MR) is 73.0 cm³/mol. The Morgan fingerprint density at radius 2 is 1.53 bits per heavy atom. The lowest BCUT2D eigenvalue weighted by Crippen LogP contribution is -2.02. The van der Waals surface area contributed by atoms with Gasteiger partial charge in [0.2, 0.25) is 0 Å². The second kappa shape index (κ2) is 5.44. The molecule has 0 aromatic heterocycles. The van der Waals surface area contributed by atoms with E-state index in [0.717, 1.165) is 17.7 Å². The van der Waals surface area contributed by atoms with E-state index in [0.29, 0.717) is 12.8 Å². The smallest absolute Gasteiger partial charge is 0.132 e. The predicted octanol–water partition coefficient (Wildman–Crippen LogP) is 2.80. The van der Waals surface area contributed by atoms with Gasteiger partial charge in [0.25, 0.3) is 0 Å². The molecule has 19 heavy (non-hydrogen) atoms. The van der Waals surface area contributed by atoms with Gasteiger partial charge in [0.15, 0.2) is 0 Å². The number of hydrogen-bond donors (Lipinski definition) is 4. The summed E-state index contributed by atoms with van der Waals surface area (Å²) in [6.07, 6.45) is 1.05. The Hall–Kier alpha value is -2.49. The first kappa shape index (κ1) is 13.0. The van der Waals surface area contributed by atoms with Gasteiger partial charge >= 0.3 is 0 Å². The maximum absolute atomic E-state index is 9.68. The van der Waals surface area contributed by atoms with Crippen molar-refractivity contribution >= 4 is 5.71 Å². The van der Waals surface area contributed by atoms with Crippen molar-refractivity contribution in [3.8, 4) is 17.2 Å². The van der Waals surface area contributed by atoms with Crippen LogP contribution in [0.25, 0.3) is 0 Å². The molecule has 4 heteroatoms. The summed E-state index contributed by atoms with van der Waals surface area (Å²) in [5.41, 5.74) is 1.30. The SMILES string of the molecule is N=C(CCc1ccccc1)c1c(O)cc(O)cc1O. The summed E-state index contributed by atoms with van der Waals surface area (Å²) < 4.78 is 0. The highest BCUT2D eigenvalue weighted by atomic mass is 16.3. The third kappa shape index (κ3) is 3.04. The fourth-order valence-electron chi connectivity index (χ4n) is 1.95. The van der Waals surface area contributed by atoms with E-state index in [1.54, 1.807) is 0 Å². The van der Waals surface area contributed by atoms with Crippen LogP contribution in [0.3, 0.4) is 0 Å². The Morgan fingerprint density at radius 3 is 2.11 bits per heavy atom. The lowest BCUT2D eigenvalue weighted by molar-refractivity contribution is 0.426. The summed E-state index contributed by atoms with van der Waals surface area (Å²) in [6, 6.07) is 11.9. The molecule has 4 N–H and O–H groups in total. The van der Waals surface area contributed by atoms with Crippen LogP contribution in [0.4, 0.5) is 0 Å². The van der Waals surface area contributed by atoms with Gasteiger partial charge in [-0.15, -0.1) is 0 Å². The summed E-state index contributed by atoms with van der Waals surface area (Å²) in [5.74, 6) is -0.791. The van der Waals surface area contributed by atoms with Crippen molar-refractivity contribution in [3.05, 3.63) is 53.6 Å². The minimum atomic E-state index is -0.282. The number of nitrogens with one attached hydrogen (secondary N) is 1. The first-order valence-electron chi connectivity index (χ1n) is 5.94. The largest absolute Gasteiger partial charge is 0.508 e. The Bertz CT molecular complexity index is 571. The number of hydrogen-bond acceptors (Lipinski definition) is 4. The van der Waals surface area contributed by atoms with E-state index in [9.17, 15) is 15.3 Å². The minimum Gasteiger partial charge on any atom is -0.508 e. The molecule has 0 aliphatic carbocycles. The molecular weight excluding hydrogens is 242 g/mol. The van der Waals surface area contributed by atoms with Crippen molar-refractivity contribution in [2.24, 2.45) is 0 Å². The van der Waals surface area contributed by atoms with Crippen molar-refractivity contribution in [2.75, 3.05) is 0 Å². The van der Waals surface area contributed by atoms with Crippen LogP contribution < -0.4 is 0 Å². The van der Waals surface area contributed by atoms with Gasteiger partial charge in [0.05, 0.1) is 5.56 Å². The highest BCUT2D eigenvalue weighted by molar-refractivity contribution is 6.03. The van der Waals surface area contributed by atoms with Crippen LogP contribution in [-0.4, -0.2) is 21.0 Å². The van der Waals surface area contributed by atoms with Crippen molar-refractivity contribution in [1.82, 2.24) is 0 Å². The zero-order valence-electron chi connectivity index (χ0n) is 10.3. The average Bonchev–Trinajstić information content (AvgIpc) is 2.36. The molecular formula is C15H15NO3. The van der Waals surface area contributed by atoms with Crippen molar-refractivity contribution in [3.63, 3.8) is 0 Å². The van der Waals surface area contributed by atoms with Crippen LogP contribution in [0.5, 0.6) is 17.2 Å². The molecule has 2 aromatic carbocycles. The second-order valence-corrected chi connectivity index (χ2v) is 4.32. The van der Waals surface area contributed by atoms with Crippen LogP contribution in [0.2, 0.25) is 0 Å². The van der Waals surface area contributed by atoms with E-state index in [-0.39, 0.29) is 28.5 Å². The summed E-state index contributed by atoms with van der Waals surface area (Å²) in [7, 11) is 0. The first-order valence-corrected chi connectivity index (χ1v) is 5.94. The third-order valence-corrected chi connectivity index (χ3v) is 2.89. The Labute approximate surface area is 111 Å². The molecule has 0 amide bonds. The zero-order chi connectivity index (χ0) is 13.8. The van der Waals surface area contributed by atoms with Crippen LogP contribution in [0, 0.1) is 5.41 Å². The highest BCUT2D eigenvalue weighted by Crippen LogP contribution is 2.32. The van der Waals surface area contributed by atoms with Gasteiger partial charge in [0.1, 0.15) is 17.2 Å². The molecule has 0 unspecified atom stereocenters. The van der Waals surface area contributed by atoms with Gasteiger partial charge in [-0.3, -0.25) is 0 Å². The average molecular weight is 257 g/mol. The summed E-state index contributed by atoms with van der Waals surface area (Å²) in [6.45, 7) is 0. The number of aromatic hydroxyl groups is 3. The van der Waals surface area contributed by atoms with E-state index < -0.39 is 0 Å². The zero-order valence-corrected chi connectivity index (χ0v) is 10.3. The Balaban J connectivity index is 2.13. The molecule has 0 atom stereocenters. The van der Waals surface area contributed by atoms with Crippen LogP contribution in [0.1, 0.15) is 17.5 Å². The molecule has 0 saturated heterocycles. The molecule has 0 aliphatic heterocycles. The first-order chi connectivity index (χ1) is 9.08. The van der Waals surface area contributed by atoms with E-state index >= 15 is 0 Å². The maximum atomic E-state index is 9.68. The molecule has 2 rings (SSSR count). The standard InChI is InChI=1S/C15H15NO3/c16-12(7-6-10-4-2-1-3-5-10)15-13(18)8-11(17)9-14(15)19/h1-5,8-9,16-19H,6-7H2. The van der Waals surface area contributed by atoms with E-state index in [4.69, 9.17) is 5.41 Å². The summed E-state index contributed by atoms with van der Waals surface area (Å²) in [5, 5.41) is 36.5. The fourth-order valence-corrected chi connectivity index (χ4v) is 1.95. The Morgan fingerprint density at radius 1 is 0.947 bits per heavy atom. The van der Waals surface area contributed by atoms with Gasteiger partial charge < -0.3 is 20.7 Å². The lowest BCUT2D eigenvalue weighted by Gasteiger charge is -2.09. The van der Waals surface area contributed by atoms with Crippen LogP contribution >= 0.6 is 0 Å². The van der Waals surface area contributed by atoms with Crippen molar-refractivity contribution < 1.29 is 15.3 Å². The normalized spacial score (nSPS) is 10.3. The molecule has 4 nitrogen and oxygen atoms in total. The molecule has 0 spiro atoms. The number of aryl methyl sites for hydroxylation is 1. The second-order valence-electron chi connectivity index (χ2n) is 4.32. The molecule has 2 aromatic rings. The molecule has 0 radical (unpaired) electrons. The molecule has 0 aliphatic rings. The highest BCUT2D eigenvalue weighted by Gasteiger charge is 2.14. The quantitative estimate of drug-likeness (QED) is 0.635. The van der Waals surface area contributed by atoms with Crippen molar-refractivity contribution in [2.45, 2.75) is 12.8 Å². The lowest BCUT2D eigenvalue weighted by atomic mass is 10.0. The third-order valence-electron chi connectivity index (χ3n) is 2.89. The molecule has 0 saturated carbocycles. The van der Waals surface area contributed by atoms with Crippen molar-refractivity contribution in [1.29, 1.82) is 5.41 Å². The molecule has 0 fully saturated rings. The topological polar surface area (TPSA) is 84.5 Å². The van der Waals surface area contributed by atoms with Crippen LogP contribution in [-0.2, 0) is 6.42 Å². The fraction of sp³-hybridized carbons (Fsp3) is 0.133. The number of rotatable bonds is 4. The summed E-state index contributed by atoms with van der Waals surface area (Å²) in [4.78, 5) is 0. The monoisotopic (exact) mass is 257 g/mol. The molecule has 0 heterocycles.